The number of aromatic nitrogens is 2. The van der Waals surface area contributed by atoms with Crippen molar-refractivity contribution in [1.82, 2.24) is 4.57 Å². The summed E-state index contributed by atoms with van der Waals surface area (Å²) in [6.45, 7) is 1.58. The van der Waals surface area contributed by atoms with Crippen LogP contribution in [0.15, 0.2) is 6.20 Å². The van der Waals surface area contributed by atoms with Gasteiger partial charge in [-0.2, -0.15) is 0 Å². The fourth-order valence-electron chi connectivity index (χ4n) is 1.61. The van der Waals surface area contributed by atoms with Gasteiger partial charge in [-0.15, -0.1) is 0 Å². The number of imidazole rings is 1. The zero-order chi connectivity index (χ0) is 10.2. The van der Waals surface area contributed by atoms with Crippen molar-refractivity contribution < 1.29 is 9.36 Å². The number of ketones is 1. The van der Waals surface area contributed by atoms with Crippen LogP contribution in [0, 0.1) is 0 Å². The van der Waals surface area contributed by atoms with Gasteiger partial charge in [-0.25, -0.2) is 9.13 Å². The van der Waals surface area contributed by atoms with Crippen molar-refractivity contribution in [2.24, 2.45) is 14.1 Å². The van der Waals surface area contributed by atoms with Gasteiger partial charge in [0.1, 0.15) is 6.20 Å². The van der Waals surface area contributed by atoms with Crippen LogP contribution in [0.1, 0.15) is 17.4 Å². The fraction of sp³-hybridized carbons (Fsp3) is 0.556. The molecule has 1 rings (SSSR count). The second kappa shape index (κ2) is 3.20. The average Bonchev–Trinajstić information content (AvgIpc) is 2.26. The van der Waals surface area contributed by atoms with Gasteiger partial charge in [-0.3, -0.25) is 9.69 Å². The molecule has 72 valence electrons. The van der Waals surface area contributed by atoms with Crippen molar-refractivity contribution in [2.45, 2.75) is 6.92 Å². The van der Waals surface area contributed by atoms with Crippen LogP contribution in [0.5, 0.6) is 0 Å². The van der Waals surface area contributed by atoms with E-state index in [1.165, 1.54) is 0 Å². The zero-order valence-corrected chi connectivity index (χ0v) is 8.83. The van der Waals surface area contributed by atoms with E-state index in [0.717, 1.165) is 11.6 Å². The summed E-state index contributed by atoms with van der Waals surface area (Å²) in [6.07, 6.45) is 1.84. The van der Waals surface area contributed by atoms with E-state index in [1.807, 2.05) is 48.4 Å². The first-order chi connectivity index (χ1) is 5.95. The number of anilines is 1. The number of Topliss-reactive ketones (excluding diaryl/α,β-unsaturated/α-hetero) is 1. The standard InChI is InChI=1S/C9H16N3O/c1-7(13)8-6-11(4)9(10(2)3)12(8)5/h6H,1-5H3/q+1. The lowest BCUT2D eigenvalue weighted by atomic mass is 10.3. The lowest BCUT2D eigenvalue weighted by Gasteiger charge is -2.06. The van der Waals surface area contributed by atoms with E-state index >= 15 is 0 Å². The zero-order valence-electron chi connectivity index (χ0n) is 8.83. The summed E-state index contributed by atoms with van der Waals surface area (Å²) in [5, 5.41) is 0. The predicted molar refractivity (Wildman–Crippen MR) is 50.9 cm³/mol. The molecule has 0 saturated carbocycles. The number of carbonyl (C=O) groups excluding carboxylic acids is 1. The Kier molecular flexibility index (Phi) is 2.40. The number of carbonyl (C=O) groups is 1. The minimum Gasteiger partial charge on any atom is -0.291 e. The Bertz CT molecular complexity index is 339. The van der Waals surface area contributed by atoms with Gasteiger partial charge in [0, 0.05) is 6.92 Å². The molecular weight excluding hydrogens is 166 g/mol. The highest BCUT2D eigenvalue weighted by atomic mass is 16.1. The van der Waals surface area contributed by atoms with Gasteiger partial charge in [0.05, 0.1) is 28.2 Å². The van der Waals surface area contributed by atoms with Crippen LogP contribution >= 0.6 is 0 Å². The van der Waals surface area contributed by atoms with Gasteiger partial charge in [-0.1, -0.05) is 0 Å². The van der Waals surface area contributed by atoms with Crippen LogP contribution in [0.4, 0.5) is 5.95 Å². The molecule has 1 aromatic heterocycles. The lowest BCUT2D eigenvalue weighted by Crippen LogP contribution is -2.34. The number of hydrogen-bond donors (Lipinski definition) is 0. The van der Waals surface area contributed by atoms with Crippen LogP contribution in [0.25, 0.3) is 0 Å². The maximum Gasteiger partial charge on any atom is 0.359 e. The minimum atomic E-state index is 0.0891. The van der Waals surface area contributed by atoms with Crippen molar-refractivity contribution in [2.75, 3.05) is 19.0 Å². The van der Waals surface area contributed by atoms with Crippen LogP contribution in [-0.2, 0) is 14.1 Å². The van der Waals surface area contributed by atoms with Crippen LogP contribution in [0.2, 0.25) is 0 Å². The molecule has 0 aliphatic heterocycles. The van der Waals surface area contributed by atoms with Crippen molar-refractivity contribution in [3.05, 3.63) is 11.9 Å². The smallest absolute Gasteiger partial charge is 0.291 e. The summed E-state index contributed by atoms with van der Waals surface area (Å²) in [5.41, 5.74) is 0.728. The topological polar surface area (TPSA) is 29.1 Å². The average molecular weight is 182 g/mol. The molecule has 1 heterocycles. The highest BCUT2D eigenvalue weighted by Crippen LogP contribution is 2.08. The Balaban J connectivity index is 3.30. The molecule has 4 heteroatoms. The third kappa shape index (κ3) is 1.56. The largest absolute Gasteiger partial charge is 0.359 e. The Morgan fingerprint density at radius 2 is 2.08 bits per heavy atom. The van der Waals surface area contributed by atoms with E-state index in [0.29, 0.717) is 0 Å². The van der Waals surface area contributed by atoms with Gasteiger partial charge in [0.25, 0.3) is 0 Å². The molecule has 0 unspecified atom stereocenters. The van der Waals surface area contributed by atoms with Crippen LogP contribution in [0.3, 0.4) is 0 Å². The third-order valence-corrected chi connectivity index (χ3v) is 2.05. The maximum absolute atomic E-state index is 11.2. The molecule has 4 nitrogen and oxygen atoms in total. The second-order valence-electron chi connectivity index (χ2n) is 3.43. The van der Waals surface area contributed by atoms with E-state index < -0.39 is 0 Å². The molecule has 0 radical (unpaired) electrons. The first-order valence-corrected chi connectivity index (χ1v) is 4.18. The molecule has 0 aliphatic carbocycles. The van der Waals surface area contributed by atoms with E-state index in [2.05, 4.69) is 0 Å². The molecule has 1 aromatic rings. The normalized spacial score (nSPS) is 10.2. The third-order valence-electron chi connectivity index (χ3n) is 2.05. The van der Waals surface area contributed by atoms with Crippen molar-refractivity contribution >= 4 is 11.7 Å². The van der Waals surface area contributed by atoms with E-state index in [4.69, 9.17) is 0 Å². The van der Waals surface area contributed by atoms with Crippen LogP contribution < -0.4 is 9.47 Å². The number of hydrogen-bond acceptors (Lipinski definition) is 2. The predicted octanol–water partition coefficient (Wildman–Crippen LogP) is 0.118. The molecule has 0 bridgehead atoms. The molecule has 0 saturated heterocycles. The van der Waals surface area contributed by atoms with Crippen molar-refractivity contribution in [3.63, 3.8) is 0 Å². The Morgan fingerprint density at radius 3 is 2.31 bits per heavy atom. The van der Waals surface area contributed by atoms with Gasteiger partial charge < -0.3 is 0 Å². The first-order valence-electron chi connectivity index (χ1n) is 4.18. The fourth-order valence-corrected chi connectivity index (χ4v) is 1.61. The molecule has 13 heavy (non-hydrogen) atoms. The molecule has 0 spiro atoms. The van der Waals surface area contributed by atoms with E-state index in [-0.39, 0.29) is 5.78 Å². The summed E-state index contributed by atoms with van der Waals surface area (Å²) in [5.74, 6) is 1.09. The molecular formula is C9H16N3O+. The molecule has 0 amide bonds. The molecule has 0 aromatic carbocycles. The quantitative estimate of drug-likeness (QED) is 0.480. The van der Waals surface area contributed by atoms with Crippen LogP contribution in [-0.4, -0.2) is 24.4 Å². The lowest BCUT2D eigenvalue weighted by molar-refractivity contribution is -0.657. The van der Waals surface area contributed by atoms with Crippen molar-refractivity contribution in [3.8, 4) is 0 Å². The highest BCUT2D eigenvalue weighted by molar-refractivity contribution is 5.92. The van der Waals surface area contributed by atoms with Crippen molar-refractivity contribution in [1.29, 1.82) is 0 Å². The maximum atomic E-state index is 11.2. The number of rotatable bonds is 2. The van der Waals surface area contributed by atoms with E-state index in [1.54, 1.807) is 6.92 Å². The van der Waals surface area contributed by atoms with Gasteiger partial charge in [0.2, 0.25) is 0 Å². The molecule has 0 N–H and O–H groups in total. The number of aryl methyl sites for hydroxylation is 1. The Hall–Kier alpha value is -1.32. The summed E-state index contributed by atoms with van der Waals surface area (Å²) in [6, 6.07) is 0. The SMILES string of the molecule is CC(=O)c1c[n+](C)c(N(C)C)n1C. The Labute approximate surface area is 78.4 Å². The summed E-state index contributed by atoms with van der Waals surface area (Å²) < 4.78 is 3.83. The number of nitrogens with zero attached hydrogens (tertiary/aromatic N) is 3. The molecule has 0 fully saturated rings. The van der Waals surface area contributed by atoms with Gasteiger partial charge in [0.15, 0.2) is 11.5 Å². The molecule has 0 aliphatic rings. The Morgan fingerprint density at radius 1 is 1.54 bits per heavy atom. The van der Waals surface area contributed by atoms with E-state index in [9.17, 15) is 4.79 Å². The second-order valence-corrected chi connectivity index (χ2v) is 3.43. The molecule has 0 atom stereocenters. The van der Waals surface area contributed by atoms with Gasteiger partial charge >= 0.3 is 5.95 Å². The summed E-state index contributed by atoms with van der Waals surface area (Å²) in [7, 11) is 7.74. The summed E-state index contributed by atoms with van der Waals surface area (Å²) >= 11 is 0. The monoisotopic (exact) mass is 182 g/mol. The minimum absolute atomic E-state index is 0.0891. The first kappa shape index (κ1) is 9.77. The highest BCUT2D eigenvalue weighted by Gasteiger charge is 2.21. The summed E-state index contributed by atoms with van der Waals surface area (Å²) in [4.78, 5) is 13.2. The van der Waals surface area contributed by atoms with Gasteiger partial charge in [-0.05, 0) is 0 Å².